The minimum atomic E-state index is -1.72. The second-order valence-electron chi connectivity index (χ2n) is 0.625. The van der Waals surface area contributed by atoms with Gasteiger partial charge in [0.2, 0.25) is 0 Å². The van der Waals surface area contributed by atoms with Crippen LogP contribution in [0.1, 0.15) is 0 Å². The van der Waals surface area contributed by atoms with E-state index in [1.54, 1.807) is 0 Å². The highest BCUT2D eigenvalue weighted by Crippen LogP contribution is 1.97. The molecule has 0 heterocycles. The summed E-state index contributed by atoms with van der Waals surface area (Å²) in [7, 11) is 0. The van der Waals surface area contributed by atoms with Crippen LogP contribution >= 0.6 is 56.4 Å². The van der Waals surface area contributed by atoms with E-state index in [0.717, 1.165) is 0 Å². The molecule has 0 spiro atoms. The van der Waals surface area contributed by atoms with Gasteiger partial charge >= 0.3 is 6.73 Å². The van der Waals surface area contributed by atoms with E-state index in [4.69, 9.17) is 56.4 Å². The third kappa shape index (κ3) is 47.9. The van der Waals surface area contributed by atoms with Crippen molar-refractivity contribution in [2.24, 2.45) is 0 Å². The van der Waals surface area contributed by atoms with Gasteiger partial charge in [-0.1, -0.05) is 0 Å². The monoisotopic (exact) mass is 232 g/mol. The Labute approximate surface area is 74.7 Å². The predicted molar refractivity (Wildman–Crippen MR) is 46.1 cm³/mol. The first-order chi connectivity index (χ1) is 3.65. The van der Waals surface area contributed by atoms with E-state index in [2.05, 4.69) is 0 Å². The molecule has 0 bridgehead atoms. The molecule has 0 aromatic heterocycles. The Hall–Kier alpha value is 1.67. The van der Waals surface area contributed by atoms with E-state index in [1.807, 2.05) is 0 Å². The van der Waals surface area contributed by atoms with Gasteiger partial charge < -0.3 is 0 Å². The molecule has 52 valence electrons. The minimum Gasteiger partial charge on any atom is -0.130 e. The lowest BCUT2D eigenvalue weighted by Crippen LogP contribution is -1.66. The number of halogens is 5. The lowest BCUT2D eigenvalue weighted by atomic mass is 11.0. The Morgan fingerprint density at radius 3 is 1.00 bits per heavy atom. The minimum absolute atomic E-state index is 0.557. The van der Waals surface area contributed by atoms with Crippen LogP contribution < -0.4 is 0 Å². The third-order valence-electron chi connectivity index (χ3n) is 0.0714. The fraction of sp³-hybridized carbons (Fsp3) is 1.00. The fourth-order valence-corrected chi connectivity index (χ4v) is 0. The van der Waals surface area contributed by atoms with Crippen LogP contribution in [0.3, 0.4) is 0 Å². The first-order valence-electron chi connectivity index (χ1n) is 1.69. The van der Waals surface area contributed by atoms with Crippen molar-refractivity contribution in [2.75, 3.05) is 11.8 Å². The Morgan fingerprint density at radius 1 is 0.875 bits per heavy atom. The average molecular weight is 234 g/mol. The van der Waals surface area contributed by atoms with E-state index in [-0.39, 0.29) is 0 Å². The van der Waals surface area contributed by atoms with Gasteiger partial charge in [0.1, 0.15) is 0 Å². The zero-order valence-corrected chi connectivity index (χ0v) is 8.82. The summed E-state index contributed by atoms with van der Waals surface area (Å²) < 4.78 is 0. The summed E-state index contributed by atoms with van der Waals surface area (Å²) in [6.07, 6.45) is 0. The molecule has 0 nitrogen and oxygen atoms in total. The summed E-state index contributed by atoms with van der Waals surface area (Å²) >= 11 is 24.9. The van der Waals surface area contributed by atoms with Crippen molar-refractivity contribution in [1.29, 1.82) is 0 Å². The molecule has 0 fully saturated rings. The molecule has 0 N–H and O–H groups in total. The van der Waals surface area contributed by atoms with Crippen molar-refractivity contribution < 1.29 is 0 Å². The SMILES string of the molecule is ClCCCl.Cl[SiH](Cl)Cl. The molecule has 6 heteroatoms. The Morgan fingerprint density at radius 2 is 1.00 bits per heavy atom. The van der Waals surface area contributed by atoms with Crippen molar-refractivity contribution >= 4 is 63.2 Å². The molecule has 0 aromatic carbocycles. The van der Waals surface area contributed by atoms with E-state index in [9.17, 15) is 0 Å². The van der Waals surface area contributed by atoms with E-state index < -0.39 is 6.73 Å². The zero-order chi connectivity index (χ0) is 6.99. The standard InChI is InChI=1S/C2H4Cl2.Cl3HSi/c3-1-2-4;1-4(2)3/h1-2H2;4H. The highest BCUT2D eigenvalue weighted by atomic mass is 35.8. The Balaban J connectivity index is 0. The number of hydrogen-bond acceptors (Lipinski definition) is 0. The van der Waals surface area contributed by atoms with Crippen molar-refractivity contribution in [3.63, 3.8) is 0 Å². The second-order valence-corrected chi connectivity index (χ2v) is 7.81. The second kappa shape index (κ2) is 11.5. The largest absolute Gasteiger partial charge is 0.326 e. The maximum atomic E-state index is 5.05. The molecule has 0 radical (unpaired) electrons. The molecule has 0 aliphatic rings. The van der Waals surface area contributed by atoms with Crippen LogP contribution in [0, 0.1) is 0 Å². The van der Waals surface area contributed by atoms with Gasteiger partial charge in [-0.25, -0.2) is 0 Å². The van der Waals surface area contributed by atoms with Gasteiger partial charge in [0.15, 0.2) is 0 Å². The van der Waals surface area contributed by atoms with Gasteiger partial charge in [-0.15, -0.1) is 56.4 Å². The van der Waals surface area contributed by atoms with Crippen LogP contribution in [-0.4, -0.2) is 18.5 Å². The van der Waals surface area contributed by atoms with Gasteiger partial charge in [-0.2, -0.15) is 0 Å². The predicted octanol–water partition coefficient (Wildman–Crippen LogP) is 2.88. The summed E-state index contributed by atoms with van der Waals surface area (Å²) in [6, 6.07) is 0. The summed E-state index contributed by atoms with van der Waals surface area (Å²) in [5, 5.41) is 0. The molecule has 0 amide bonds. The van der Waals surface area contributed by atoms with Crippen LogP contribution in [0.4, 0.5) is 0 Å². The molecule has 0 aliphatic carbocycles. The number of hydrogen-bond donors (Lipinski definition) is 0. The summed E-state index contributed by atoms with van der Waals surface area (Å²) in [5.41, 5.74) is 0. The fourth-order valence-electron chi connectivity index (χ4n) is 0. The van der Waals surface area contributed by atoms with Crippen LogP contribution in [-0.2, 0) is 0 Å². The van der Waals surface area contributed by atoms with Crippen molar-refractivity contribution in [3.8, 4) is 0 Å². The molecule has 8 heavy (non-hydrogen) atoms. The van der Waals surface area contributed by atoms with Crippen LogP contribution in [0.15, 0.2) is 0 Å². The summed E-state index contributed by atoms with van der Waals surface area (Å²) in [5.74, 6) is 1.11. The quantitative estimate of drug-likeness (QED) is 0.372. The van der Waals surface area contributed by atoms with Gasteiger partial charge in [0.05, 0.1) is 0 Å². The first kappa shape index (κ1) is 12.4. The molecule has 0 aromatic rings. The Bertz CT molecular complexity index is 26.9. The zero-order valence-electron chi connectivity index (χ0n) is 3.88. The maximum absolute atomic E-state index is 5.05. The van der Waals surface area contributed by atoms with Crippen LogP contribution in [0.25, 0.3) is 0 Å². The van der Waals surface area contributed by atoms with E-state index >= 15 is 0 Å². The molecule has 0 saturated carbocycles. The molecular formula is C2H5Cl5Si. The lowest BCUT2D eigenvalue weighted by Gasteiger charge is -1.65. The Kier molecular flexibility index (Phi) is 17.7. The topological polar surface area (TPSA) is 0 Å². The molecule has 0 aliphatic heterocycles. The van der Waals surface area contributed by atoms with Gasteiger partial charge in [0.25, 0.3) is 0 Å². The highest BCUT2D eigenvalue weighted by molar-refractivity contribution is 7.54. The normalized spacial score (nSPS) is 8.25. The van der Waals surface area contributed by atoms with Crippen molar-refractivity contribution in [2.45, 2.75) is 0 Å². The summed E-state index contributed by atoms with van der Waals surface area (Å²) in [4.78, 5) is 0. The molecule has 0 rings (SSSR count). The highest BCUT2D eigenvalue weighted by Gasteiger charge is 1.85. The van der Waals surface area contributed by atoms with Gasteiger partial charge in [-0.05, 0) is 0 Å². The molecule has 0 atom stereocenters. The smallest absolute Gasteiger partial charge is 0.130 e. The van der Waals surface area contributed by atoms with Crippen molar-refractivity contribution in [1.82, 2.24) is 0 Å². The first-order valence-corrected chi connectivity index (χ1v) is 8.00. The van der Waals surface area contributed by atoms with E-state index in [0.29, 0.717) is 11.8 Å². The van der Waals surface area contributed by atoms with Gasteiger partial charge in [-0.3, -0.25) is 0 Å². The number of alkyl halides is 2. The third-order valence-corrected chi connectivity index (χ3v) is 0.643. The number of rotatable bonds is 1. The molecule has 0 unspecified atom stereocenters. The van der Waals surface area contributed by atoms with E-state index in [1.165, 1.54) is 0 Å². The molecule has 0 saturated heterocycles. The molecular weight excluding hydrogens is 229 g/mol. The maximum Gasteiger partial charge on any atom is 0.326 e. The lowest BCUT2D eigenvalue weighted by molar-refractivity contribution is 1.52. The van der Waals surface area contributed by atoms with Gasteiger partial charge in [0, 0.05) is 11.8 Å². The van der Waals surface area contributed by atoms with Crippen molar-refractivity contribution in [3.05, 3.63) is 0 Å². The van der Waals surface area contributed by atoms with Crippen LogP contribution in [0.2, 0.25) is 0 Å². The summed E-state index contributed by atoms with van der Waals surface area (Å²) in [6.45, 7) is -1.72. The van der Waals surface area contributed by atoms with Crippen LogP contribution in [0.5, 0.6) is 0 Å². The average Bonchev–Trinajstić information content (AvgIpc) is 1.65.